The van der Waals surface area contributed by atoms with E-state index in [4.69, 9.17) is 4.74 Å². The number of anilines is 1. The van der Waals surface area contributed by atoms with Crippen LogP contribution in [0.5, 0.6) is 5.75 Å². The smallest absolute Gasteiger partial charge is 0.253 e. The lowest BCUT2D eigenvalue weighted by molar-refractivity contribution is 0.0643. The zero-order valence-electron chi connectivity index (χ0n) is 18.8. The van der Waals surface area contributed by atoms with E-state index in [1.54, 1.807) is 7.11 Å². The first-order valence-corrected chi connectivity index (χ1v) is 11.4. The molecule has 2 aromatic carbocycles. The Bertz CT molecular complexity index is 854. The van der Waals surface area contributed by atoms with Crippen molar-refractivity contribution < 1.29 is 9.53 Å². The molecule has 2 aliphatic rings. The molecule has 0 bridgehead atoms. The Morgan fingerprint density at radius 1 is 0.839 bits per heavy atom. The molecule has 6 heteroatoms. The Kier molecular flexibility index (Phi) is 7.10. The fourth-order valence-corrected chi connectivity index (χ4v) is 4.50. The van der Waals surface area contributed by atoms with Gasteiger partial charge in [-0.1, -0.05) is 31.2 Å². The SMILES string of the molecule is CCN1CCN(C(=O)c2ccc(CN3CCN(c4ccccc4OC)CC3)cc2)CC1. The largest absolute Gasteiger partial charge is 0.495 e. The molecule has 2 saturated heterocycles. The summed E-state index contributed by atoms with van der Waals surface area (Å²) in [6, 6.07) is 16.4. The number of likely N-dealkylation sites (N-methyl/N-ethyl adjacent to an activating group) is 1. The van der Waals surface area contributed by atoms with Crippen molar-refractivity contribution in [2.45, 2.75) is 13.5 Å². The monoisotopic (exact) mass is 422 g/mol. The van der Waals surface area contributed by atoms with E-state index in [-0.39, 0.29) is 5.91 Å². The van der Waals surface area contributed by atoms with Gasteiger partial charge in [0, 0.05) is 64.5 Å². The van der Waals surface area contributed by atoms with Crippen molar-refractivity contribution in [3.05, 3.63) is 59.7 Å². The third kappa shape index (κ3) is 5.20. The van der Waals surface area contributed by atoms with E-state index < -0.39 is 0 Å². The average Bonchev–Trinajstić information content (AvgIpc) is 2.84. The number of rotatable bonds is 6. The molecule has 2 aromatic rings. The summed E-state index contributed by atoms with van der Waals surface area (Å²) in [4.78, 5) is 22.1. The van der Waals surface area contributed by atoms with E-state index in [1.165, 1.54) is 11.3 Å². The number of ether oxygens (including phenoxy) is 1. The van der Waals surface area contributed by atoms with Crippen LogP contribution in [0.3, 0.4) is 0 Å². The van der Waals surface area contributed by atoms with E-state index in [0.29, 0.717) is 0 Å². The lowest BCUT2D eigenvalue weighted by Crippen LogP contribution is -2.48. The number of hydrogen-bond acceptors (Lipinski definition) is 5. The predicted molar refractivity (Wildman–Crippen MR) is 125 cm³/mol. The molecular weight excluding hydrogens is 388 g/mol. The highest BCUT2D eigenvalue weighted by Gasteiger charge is 2.22. The van der Waals surface area contributed by atoms with Crippen LogP contribution in [-0.4, -0.2) is 86.6 Å². The molecule has 0 aliphatic carbocycles. The summed E-state index contributed by atoms with van der Waals surface area (Å²) in [6.45, 7) is 11.8. The third-order valence-corrected chi connectivity index (χ3v) is 6.51. The van der Waals surface area contributed by atoms with Crippen molar-refractivity contribution in [3.63, 3.8) is 0 Å². The average molecular weight is 423 g/mol. The van der Waals surface area contributed by atoms with Gasteiger partial charge in [-0.3, -0.25) is 9.69 Å². The summed E-state index contributed by atoms with van der Waals surface area (Å²) in [7, 11) is 1.73. The Balaban J connectivity index is 1.28. The van der Waals surface area contributed by atoms with Crippen LogP contribution < -0.4 is 9.64 Å². The lowest BCUT2D eigenvalue weighted by Gasteiger charge is -2.36. The van der Waals surface area contributed by atoms with Crippen molar-refractivity contribution in [3.8, 4) is 5.75 Å². The van der Waals surface area contributed by atoms with Crippen LogP contribution in [0.2, 0.25) is 0 Å². The van der Waals surface area contributed by atoms with Crippen LogP contribution in [-0.2, 0) is 6.54 Å². The van der Waals surface area contributed by atoms with Gasteiger partial charge in [-0.2, -0.15) is 0 Å². The van der Waals surface area contributed by atoms with Gasteiger partial charge in [0.25, 0.3) is 5.91 Å². The molecule has 0 unspecified atom stereocenters. The van der Waals surface area contributed by atoms with E-state index in [2.05, 4.69) is 45.9 Å². The Morgan fingerprint density at radius 2 is 1.48 bits per heavy atom. The zero-order valence-corrected chi connectivity index (χ0v) is 18.8. The van der Waals surface area contributed by atoms with E-state index in [1.807, 2.05) is 29.2 Å². The van der Waals surface area contributed by atoms with Crippen molar-refractivity contribution in [1.82, 2.24) is 14.7 Å². The molecular formula is C25H34N4O2. The summed E-state index contributed by atoms with van der Waals surface area (Å²) in [5.41, 5.74) is 3.24. The van der Waals surface area contributed by atoms with Gasteiger partial charge < -0.3 is 19.4 Å². The zero-order chi connectivity index (χ0) is 21.6. The maximum Gasteiger partial charge on any atom is 0.253 e. The minimum Gasteiger partial charge on any atom is -0.495 e. The van der Waals surface area contributed by atoms with Gasteiger partial charge in [0.05, 0.1) is 12.8 Å². The van der Waals surface area contributed by atoms with Gasteiger partial charge in [-0.15, -0.1) is 0 Å². The first kappa shape index (κ1) is 21.7. The van der Waals surface area contributed by atoms with Crippen LogP contribution in [0.1, 0.15) is 22.8 Å². The standard InChI is InChI=1S/C25H34N4O2/c1-3-26-12-18-29(19-13-26)25(30)22-10-8-21(9-11-22)20-27-14-16-28(17-15-27)23-6-4-5-7-24(23)31-2/h4-11H,3,12-20H2,1-2H3. The van der Waals surface area contributed by atoms with Crippen LogP contribution in [0.15, 0.2) is 48.5 Å². The quantitative estimate of drug-likeness (QED) is 0.716. The molecule has 0 saturated carbocycles. The number of carbonyl (C=O) groups excluding carboxylic acids is 1. The van der Waals surface area contributed by atoms with Crippen LogP contribution in [0.25, 0.3) is 0 Å². The molecule has 0 N–H and O–H groups in total. The Morgan fingerprint density at radius 3 is 2.13 bits per heavy atom. The maximum absolute atomic E-state index is 12.8. The molecule has 0 atom stereocenters. The maximum atomic E-state index is 12.8. The highest BCUT2D eigenvalue weighted by molar-refractivity contribution is 5.94. The minimum absolute atomic E-state index is 0.160. The normalized spacial score (nSPS) is 18.3. The van der Waals surface area contributed by atoms with Gasteiger partial charge in [-0.05, 0) is 36.4 Å². The van der Waals surface area contributed by atoms with Crippen molar-refractivity contribution >= 4 is 11.6 Å². The highest BCUT2D eigenvalue weighted by atomic mass is 16.5. The number of amides is 1. The fourth-order valence-electron chi connectivity index (χ4n) is 4.50. The minimum atomic E-state index is 0.160. The topological polar surface area (TPSA) is 39.3 Å². The van der Waals surface area contributed by atoms with Gasteiger partial charge in [-0.25, -0.2) is 0 Å². The van der Waals surface area contributed by atoms with Gasteiger partial charge in [0.2, 0.25) is 0 Å². The number of para-hydroxylation sites is 2. The van der Waals surface area contributed by atoms with E-state index >= 15 is 0 Å². The molecule has 0 spiro atoms. The molecule has 166 valence electrons. The first-order valence-electron chi connectivity index (χ1n) is 11.4. The lowest BCUT2D eigenvalue weighted by atomic mass is 10.1. The molecule has 6 nitrogen and oxygen atoms in total. The molecule has 1 amide bonds. The number of carbonyl (C=O) groups is 1. The number of methoxy groups -OCH3 is 1. The van der Waals surface area contributed by atoms with E-state index in [9.17, 15) is 4.79 Å². The van der Waals surface area contributed by atoms with Crippen molar-refractivity contribution in [1.29, 1.82) is 0 Å². The first-order chi connectivity index (χ1) is 15.2. The summed E-state index contributed by atoms with van der Waals surface area (Å²) in [5.74, 6) is 1.10. The Labute approximate surface area is 186 Å². The summed E-state index contributed by atoms with van der Waals surface area (Å²) in [6.07, 6.45) is 0. The summed E-state index contributed by atoms with van der Waals surface area (Å²) < 4.78 is 5.52. The molecule has 31 heavy (non-hydrogen) atoms. The second-order valence-electron chi connectivity index (χ2n) is 8.36. The number of nitrogens with zero attached hydrogens (tertiary/aromatic N) is 4. The predicted octanol–water partition coefficient (Wildman–Crippen LogP) is 2.80. The molecule has 2 heterocycles. The molecule has 2 fully saturated rings. The number of benzene rings is 2. The summed E-state index contributed by atoms with van der Waals surface area (Å²) >= 11 is 0. The highest BCUT2D eigenvalue weighted by Crippen LogP contribution is 2.28. The molecule has 2 aliphatic heterocycles. The van der Waals surface area contributed by atoms with Crippen LogP contribution >= 0.6 is 0 Å². The van der Waals surface area contributed by atoms with E-state index in [0.717, 1.165) is 76.8 Å². The van der Waals surface area contributed by atoms with Crippen LogP contribution in [0, 0.1) is 0 Å². The molecule has 4 rings (SSSR count). The van der Waals surface area contributed by atoms with Crippen LogP contribution in [0.4, 0.5) is 5.69 Å². The van der Waals surface area contributed by atoms with Crippen molar-refractivity contribution in [2.24, 2.45) is 0 Å². The fraction of sp³-hybridized carbons (Fsp3) is 0.480. The molecule has 0 radical (unpaired) electrons. The Hall–Kier alpha value is -2.57. The third-order valence-electron chi connectivity index (χ3n) is 6.51. The molecule has 0 aromatic heterocycles. The van der Waals surface area contributed by atoms with Gasteiger partial charge >= 0.3 is 0 Å². The second kappa shape index (κ2) is 10.2. The van der Waals surface area contributed by atoms with Gasteiger partial charge in [0.1, 0.15) is 5.75 Å². The van der Waals surface area contributed by atoms with Crippen molar-refractivity contribution in [2.75, 3.05) is 70.9 Å². The second-order valence-corrected chi connectivity index (χ2v) is 8.36. The number of hydrogen-bond donors (Lipinski definition) is 0. The van der Waals surface area contributed by atoms with Gasteiger partial charge in [0.15, 0.2) is 0 Å². The number of piperazine rings is 2. The summed E-state index contributed by atoms with van der Waals surface area (Å²) in [5, 5.41) is 0.